The van der Waals surface area contributed by atoms with Crippen LogP contribution in [0.5, 0.6) is 0 Å². The molecule has 0 saturated heterocycles. The molecule has 5 nitrogen and oxygen atoms in total. The molecule has 0 unspecified atom stereocenters. The van der Waals surface area contributed by atoms with Crippen LogP contribution >= 0.6 is 0 Å². The molecule has 0 aliphatic rings. The fraction of sp³-hybridized carbons (Fsp3) is 0. The lowest BCUT2D eigenvalue weighted by Gasteiger charge is -1.97. The first-order valence-corrected chi connectivity index (χ1v) is 3.16. The average Bonchev–Trinajstić information content (AvgIpc) is 2.16. The van der Waals surface area contributed by atoms with Gasteiger partial charge in [-0.25, -0.2) is 0 Å². The van der Waals surface area contributed by atoms with Crippen molar-refractivity contribution in [2.45, 2.75) is 0 Å². The van der Waals surface area contributed by atoms with Crippen LogP contribution in [0, 0.1) is 5.21 Å². The molecule has 0 aromatic heterocycles. The van der Waals surface area contributed by atoms with Crippen LogP contribution in [-0.2, 0) is 0 Å². The molecule has 0 spiro atoms. The van der Waals surface area contributed by atoms with E-state index in [1.54, 1.807) is 12.1 Å². The van der Waals surface area contributed by atoms with Gasteiger partial charge < -0.3 is 10.4 Å². The average molecular weight is 166 g/mol. The molecule has 0 fully saturated rings. The summed E-state index contributed by atoms with van der Waals surface area (Å²) in [5.74, 6) is 0. The highest BCUT2D eigenvalue weighted by atomic mass is 16.6. The minimum atomic E-state index is -0.0241. The van der Waals surface area contributed by atoms with E-state index in [2.05, 4.69) is 5.28 Å². The number of benzene rings is 1. The van der Waals surface area contributed by atoms with Gasteiger partial charge in [-0.2, -0.15) is 0 Å². The second-order valence-electron chi connectivity index (χ2n) is 2.04. The SMILES string of the molecule is O=Cc1ccccc1/[N+]([O-])=N/O. The Hall–Kier alpha value is -1.91. The number of carbonyl (C=O) groups excluding carboxylic acids is 1. The van der Waals surface area contributed by atoms with Crippen LogP contribution in [-0.4, -0.2) is 16.4 Å². The van der Waals surface area contributed by atoms with Crippen LogP contribution in [0.1, 0.15) is 10.4 Å². The second kappa shape index (κ2) is 3.47. The Bertz CT molecular complexity index is 322. The molecule has 0 bridgehead atoms. The largest absolute Gasteiger partial charge is 0.592 e. The van der Waals surface area contributed by atoms with E-state index in [0.29, 0.717) is 6.29 Å². The predicted molar refractivity (Wildman–Crippen MR) is 39.3 cm³/mol. The van der Waals surface area contributed by atoms with Crippen LogP contribution in [0.3, 0.4) is 0 Å². The molecule has 1 aromatic carbocycles. The number of rotatable bonds is 2. The monoisotopic (exact) mass is 166 g/mol. The van der Waals surface area contributed by atoms with Crippen LogP contribution in [0.2, 0.25) is 0 Å². The third-order valence-electron chi connectivity index (χ3n) is 1.35. The first-order valence-electron chi connectivity index (χ1n) is 3.16. The molecule has 0 radical (unpaired) electrons. The first kappa shape index (κ1) is 8.19. The fourth-order valence-corrected chi connectivity index (χ4v) is 0.810. The van der Waals surface area contributed by atoms with E-state index in [1.165, 1.54) is 12.1 Å². The summed E-state index contributed by atoms with van der Waals surface area (Å²) in [4.78, 5) is 10.3. The molecular formula is C7H6N2O3. The summed E-state index contributed by atoms with van der Waals surface area (Å²) in [6.45, 7) is 0. The first-order chi connectivity index (χ1) is 5.79. The Morgan fingerprint density at radius 1 is 1.50 bits per heavy atom. The molecule has 1 N–H and O–H groups in total. The summed E-state index contributed by atoms with van der Waals surface area (Å²) >= 11 is 0. The lowest BCUT2D eigenvalue weighted by Crippen LogP contribution is -1.94. The summed E-state index contributed by atoms with van der Waals surface area (Å²) in [6, 6.07) is 6.02. The van der Waals surface area contributed by atoms with Crippen molar-refractivity contribution < 1.29 is 14.9 Å². The maximum Gasteiger partial charge on any atom is 0.258 e. The topological polar surface area (TPSA) is 75.7 Å². The van der Waals surface area contributed by atoms with E-state index in [-0.39, 0.29) is 16.1 Å². The molecule has 12 heavy (non-hydrogen) atoms. The Morgan fingerprint density at radius 2 is 2.17 bits per heavy atom. The second-order valence-corrected chi connectivity index (χ2v) is 2.04. The quantitative estimate of drug-likeness (QED) is 0.313. The van der Waals surface area contributed by atoms with E-state index >= 15 is 0 Å². The van der Waals surface area contributed by atoms with E-state index in [4.69, 9.17) is 5.21 Å². The van der Waals surface area contributed by atoms with Crippen molar-refractivity contribution in [2.24, 2.45) is 5.28 Å². The molecule has 1 aromatic rings. The van der Waals surface area contributed by atoms with Crippen LogP contribution in [0.15, 0.2) is 29.5 Å². The Balaban J connectivity index is 3.22. The Kier molecular flexibility index (Phi) is 2.37. The Labute approximate surface area is 68.1 Å². The Morgan fingerprint density at radius 3 is 2.75 bits per heavy atom. The van der Waals surface area contributed by atoms with Gasteiger partial charge >= 0.3 is 0 Å². The lowest BCUT2D eigenvalue weighted by atomic mass is 10.2. The van der Waals surface area contributed by atoms with Gasteiger partial charge in [0.1, 0.15) is 0 Å². The van der Waals surface area contributed by atoms with Crippen LogP contribution in [0.4, 0.5) is 5.69 Å². The van der Waals surface area contributed by atoms with Gasteiger partial charge in [0.05, 0.1) is 5.56 Å². The van der Waals surface area contributed by atoms with Crippen molar-refractivity contribution in [3.05, 3.63) is 35.0 Å². The number of hydrogen-bond donors (Lipinski definition) is 1. The molecule has 5 heteroatoms. The summed E-state index contributed by atoms with van der Waals surface area (Å²) in [6.07, 6.45) is 0.519. The summed E-state index contributed by atoms with van der Waals surface area (Å²) in [7, 11) is 0. The van der Waals surface area contributed by atoms with Gasteiger partial charge in [0.25, 0.3) is 5.69 Å². The normalized spacial score (nSPS) is 11.2. The molecule has 0 amide bonds. The molecule has 0 saturated carbocycles. The van der Waals surface area contributed by atoms with Gasteiger partial charge in [-0.3, -0.25) is 4.79 Å². The highest BCUT2D eigenvalue weighted by Crippen LogP contribution is 2.15. The molecule has 62 valence electrons. The van der Waals surface area contributed by atoms with Gasteiger partial charge in [-0.1, -0.05) is 12.1 Å². The molecular weight excluding hydrogens is 160 g/mol. The minimum absolute atomic E-state index is 0.0231. The van der Waals surface area contributed by atoms with Crippen molar-refractivity contribution in [1.29, 1.82) is 0 Å². The van der Waals surface area contributed by atoms with Gasteiger partial charge in [-0.15, -0.1) is 0 Å². The number of carbonyl (C=O) groups is 1. The predicted octanol–water partition coefficient (Wildman–Crippen LogP) is 1.48. The maximum atomic E-state index is 10.7. The smallest absolute Gasteiger partial charge is 0.258 e. The van der Waals surface area contributed by atoms with Crippen molar-refractivity contribution in [3.63, 3.8) is 0 Å². The molecule has 0 heterocycles. The maximum absolute atomic E-state index is 10.7. The fourth-order valence-electron chi connectivity index (χ4n) is 0.810. The van der Waals surface area contributed by atoms with Gasteiger partial charge in [0.15, 0.2) is 6.29 Å². The van der Waals surface area contributed by atoms with E-state index in [1.807, 2.05) is 0 Å². The van der Waals surface area contributed by atoms with Gasteiger partial charge in [-0.05, 0) is 10.9 Å². The van der Waals surface area contributed by atoms with Crippen LogP contribution in [0.25, 0.3) is 0 Å². The van der Waals surface area contributed by atoms with Crippen molar-refractivity contribution >= 4 is 12.0 Å². The van der Waals surface area contributed by atoms with Gasteiger partial charge in [0, 0.05) is 6.07 Å². The zero-order chi connectivity index (χ0) is 8.97. The molecule has 0 aliphatic heterocycles. The van der Waals surface area contributed by atoms with Crippen molar-refractivity contribution in [3.8, 4) is 0 Å². The molecule has 0 aliphatic carbocycles. The standard InChI is InChI=1S/C7H6N2O3/c10-5-6-3-1-2-4-7(6)9(12)8-11/h1-5,11H/b9-8-. The van der Waals surface area contributed by atoms with Crippen molar-refractivity contribution in [1.82, 2.24) is 0 Å². The number of nitrogens with zero attached hydrogens (tertiary/aromatic N) is 2. The van der Waals surface area contributed by atoms with Crippen molar-refractivity contribution in [2.75, 3.05) is 0 Å². The highest BCUT2D eigenvalue weighted by molar-refractivity contribution is 5.80. The number of hydrogen-bond acceptors (Lipinski definition) is 3. The minimum Gasteiger partial charge on any atom is -0.592 e. The lowest BCUT2D eigenvalue weighted by molar-refractivity contribution is -0.474. The zero-order valence-corrected chi connectivity index (χ0v) is 6.04. The van der Waals surface area contributed by atoms with E-state index in [0.717, 1.165) is 0 Å². The summed E-state index contributed by atoms with van der Waals surface area (Å²) in [5, 5.41) is 21.3. The van der Waals surface area contributed by atoms with E-state index in [9.17, 15) is 10.0 Å². The van der Waals surface area contributed by atoms with E-state index < -0.39 is 0 Å². The third kappa shape index (κ3) is 1.39. The number of aldehydes is 1. The zero-order valence-electron chi connectivity index (χ0n) is 6.04. The summed E-state index contributed by atoms with van der Waals surface area (Å²) < 4.78 is 0. The molecule has 1 rings (SSSR count). The third-order valence-corrected chi connectivity index (χ3v) is 1.35. The van der Waals surface area contributed by atoms with Crippen LogP contribution < -0.4 is 0 Å². The molecule has 0 atom stereocenters. The van der Waals surface area contributed by atoms with Gasteiger partial charge in [0.2, 0.25) is 5.28 Å². The summed E-state index contributed by atoms with van der Waals surface area (Å²) in [5.41, 5.74) is 0.209. The number of para-hydroxylation sites is 1. The highest BCUT2D eigenvalue weighted by Gasteiger charge is 2.09.